The van der Waals surface area contributed by atoms with Crippen LogP contribution in [0.5, 0.6) is 0 Å². The van der Waals surface area contributed by atoms with Gasteiger partial charge in [0.25, 0.3) is 11.8 Å². The van der Waals surface area contributed by atoms with Crippen molar-refractivity contribution in [2.45, 2.75) is 36.8 Å². The van der Waals surface area contributed by atoms with Gasteiger partial charge in [-0.3, -0.25) is 9.59 Å². The van der Waals surface area contributed by atoms with Crippen LogP contribution in [-0.4, -0.2) is 49.1 Å². The number of hydrogen-bond donors (Lipinski definition) is 2. The van der Waals surface area contributed by atoms with E-state index in [9.17, 15) is 19.2 Å². The summed E-state index contributed by atoms with van der Waals surface area (Å²) in [5.41, 5.74) is -0.465. The summed E-state index contributed by atoms with van der Waals surface area (Å²) < 4.78 is 10.8. The van der Waals surface area contributed by atoms with E-state index < -0.39 is 46.7 Å². The summed E-state index contributed by atoms with van der Waals surface area (Å²) >= 11 is 0. The van der Waals surface area contributed by atoms with Crippen molar-refractivity contribution in [3.05, 3.63) is 143 Å². The Morgan fingerprint density at radius 1 is 0.523 bits per heavy atom. The number of amides is 2. The molecule has 0 aromatic heterocycles. The normalized spacial score (nSPS) is 22.2. The molecule has 5 rings (SSSR count). The largest absolute Gasteiger partial charge is 0.467 e. The van der Waals surface area contributed by atoms with Crippen molar-refractivity contribution in [3.8, 4) is 0 Å². The van der Waals surface area contributed by atoms with Crippen molar-refractivity contribution in [2.75, 3.05) is 14.2 Å². The number of hydrogen-bond acceptors (Lipinski definition) is 6. The Morgan fingerprint density at radius 2 is 0.841 bits per heavy atom. The SMILES string of the molecule is COC(=O)C1(NC(=O)c2ccccc2)C(c2ccc(C)cc2)C(c2ccc(C)cc2)C1(NC(=O)c1ccccc1)C(=O)OC. The maximum absolute atomic E-state index is 14.3. The van der Waals surface area contributed by atoms with E-state index in [-0.39, 0.29) is 11.1 Å². The van der Waals surface area contributed by atoms with Gasteiger partial charge >= 0.3 is 11.9 Å². The molecule has 1 aliphatic rings. The van der Waals surface area contributed by atoms with Crippen LogP contribution in [0.1, 0.15) is 54.8 Å². The highest BCUT2D eigenvalue weighted by atomic mass is 16.5. The summed E-state index contributed by atoms with van der Waals surface area (Å²) in [5, 5.41) is 5.81. The number of benzene rings is 4. The van der Waals surface area contributed by atoms with Crippen molar-refractivity contribution < 1.29 is 28.7 Å². The van der Waals surface area contributed by atoms with Crippen molar-refractivity contribution in [2.24, 2.45) is 0 Å². The molecule has 8 nitrogen and oxygen atoms in total. The third-order valence-corrected chi connectivity index (χ3v) is 8.47. The average molecular weight is 591 g/mol. The van der Waals surface area contributed by atoms with Crippen LogP contribution in [0.25, 0.3) is 0 Å². The summed E-state index contributed by atoms with van der Waals surface area (Å²) in [4.78, 5) is 56.6. The van der Waals surface area contributed by atoms with Gasteiger partial charge in [-0.1, -0.05) is 96.1 Å². The lowest BCUT2D eigenvalue weighted by Crippen LogP contribution is -2.90. The van der Waals surface area contributed by atoms with Gasteiger partial charge in [-0.05, 0) is 49.2 Å². The summed E-state index contributed by atoms with van der Waals surface area (Å²) in [5.74, 6) is -4.79. The molecule has 0 aliphatic heterocycles. The van der Waals surface area contributed by atoms with Crippen molar-refractivity contribution in [1.29, 1.82) is 0 Å². The molecular weight excluding hydrogens is 556 g/mol. The van der Waals surface area contributed by atoms with E-state index in [0.717, 1.165) is 11.1 Å². The molecule has 4 unspecified atom stereocenters. The van der Waals surface area contributed by atoms with Gasteiger partial charge in [0, 0.05) is 23.0 Å². The number of ether oxygens (including phenoxy) is 2. The first-order chi connectivity index (χ1) is 21.2. The standard InChI is InChI=1S/C36H34N2O6/c1-23-15-19-25(20-16-23)29-30(26-21-17-24(2)18-22-26)36(34(42)44-4,38-32(40)28-13-9-6-10-14-28)35(29,33(41)43-3)37-31(39)27-11-7-5-8-12-27/h5-22,29-30H,1-4H3,(H,37,39)(H,38,40). The van der Waals surface area contributed by atoms with Crippen LogP contribution in [0.15, 0.2) is 109 Å². The van der Waals surface area contributed by atoms with Gasteiger partial charge < -0.3 is 20.1 Å². The molecule has 8 heteroatoms. The molecule has 0 heterocycles. The number of methoxy groups -OCH3 is 2. The maximum atomic E-state index is 14.3. The fraction of sp³-hybridized carbons (Fsp3) is 0.222. The lowest BCUT2D eigenvalue weighted by atomic mass is 9.42. The third-order valence-electron chi connectivity index (χ3n) is 8.47. The highest BCUT2D eigenvalue weighted by Gasteiger charge is 2.82. The predicted molar refractivity (Wildman–Crippen MR) is 165 cm³/mol. The Hall–Kier alpha value is -5.24. The molecule has 2 N–H and O–H groups in total. The van der Waals surface area contributed by atoms with Gasteiger partial charge in [0.2, 0.25) is 0 Å². The van der Waals surface area contributed by atoms with Crippen molar-refractivity contribution >= 4 is 23.8 Å². The molecule has 0 spiro atoms. The van der Waals surface area contributed by atoms with Crippen molar-refractivity contribution in [3.63, 3.8) is 0 Å². The summed E-state index contributed by atoms with van der Waals surface area (Å²) in [7, 11) is 2.37. The quantitative estimate of drug-likeness (QED) is 0.284. The second-order valence-electron chi connectivity index (χ2n) is 11.0. The fourth-order valence-corrected chi connectivity index (χ4v) is 6.36. The molecule has 2 amide bonds. The Balaban J connectivity index is 1.83. The van der Waals surface area contributed by atoms with E-state index in [1.807, 2.05) is 62.4 Å². The molecular formula is C36H34N2O6. The lowest BCUT2D eigenvalue weighted by Gasteiger charge is -2.65. The molecule has 1 fully saturated rings. The van der Waals surface area contributed by atoms with Gasteiger partial charge in [0.15, 0.2) is 11.1 Å². The van der Waals surface area contributed by atoms with Crippen molar-refractivity contribution in [1.82, 2.24) is 10.6 Å². The van der Waals surface area contributed by atoms with Crippen LogP contribution >= 0.6 is 0 Å². The first kappa shape index (κ1) is 30.2. The third kappa shape index (κ3) is 4.92. The minimum atomic E-state index is -2.13. The van der Waals surface area contributed by atoms with E-state index in [2.05, 4.69) is 10.6 Å². The molecule has 0 radical (unpaired) electrons. The van der Waals surface area contributed by atoms with Gasteiger partial charge in [0.05, 0.1) is 14.2 Å². The van der Waals surface area contributed by atoms with Gasteiger partial charge in [-0.25, -0.2) is 9.59 Å². The van der Waals surface area contributed by atoms with Crippen LogP contribution in [0, 0.1) is 13.8 Å². The van der Waals surface area contributed by atoms with Gasteiger partial charge in [-0.15, -0.1) is 0 Å². The van der Waals surface area contributed by atoms with Crippen LogP contribution in [0.3, 0.4) is 0 Å². The highest BCUT2D eigenvalue weighted by Crippen LogP contribution is 2.63. The minimum Gasteiger partial charge on any atom is -0.467 e. The maximum Gasteiger partial charge on any atom is 0.335 e. The number of nitrogens with one attached hydrogen (secondary N) is 2. The Bertz CT molecular complexity index is 1540. The zero-order chi connectivity index (χ0) is 31.5. The number of rotatable bonds is 8. The zero-order valence-electron chi connectivity index (χ0n) is 25.0. The molecule has 1 saturated carbocycles. The topological polar surface area (TPSA) is 111 Å². The second-order valence-corrected chi connectivity index (χ2v) is 11.0. The number of esters is 2. The van der Waals surface area contributed by atoms with E-state index >= 15 is 0 Å². The predicted octanol–water partition coefficient (Wildman–Crippen LogP) is 4.87. The van der Waals surface area contributed by atoms with Crippen LogP contribution in [-0.2, 0) is 19.1 Å². The fourth-order valence-electron chi connectivity index (χ4n) is 6.36. The molecule has 4 atom stereocenters. The van der Waals surface area contributed by atoms with E-state index in [4.69, 9.17) is 9.47 Å². The number of carbonyl (C=O) groups excluding carboxylic acids is 4. The number of aryl methyl sites for hydroxylation is 2. The monoisotopic (exact) mass is 590 g/mol. The smallest absolute Gasteiger partial charge is 0.335 e. The molecule has 4 aromatic carbocycles. The average Bonchev–Trinajstić information content (AvgIpc) is 3.06. The van der Waals surface area contributed by atoms with E-state index in [0.29, 0.717) is 11.1 Å². The first-order valence-corrected chi connectivity index (χ1v) is 14.2. The molecule has 0 saturated heterocycles. The van der Waals surface area contributed by atoms with Gasteiger partial charge in [-0.2, -0.15) is 0 Å². The van der Waals surface area contributed by atoms with Crippen LogP contribution < -0.4 is 10.6 Å². The Morgan fingerprint density at radius 3 is 1.14 bits per heavy atom. The first-order valence-electron chi connectivity index (χ1n) is 14.2. The molecule has 224 valence electrons. The van der Waals surface area contributed by atoms with Crippen LogP contribution in [0.4, 0.5) is 0 Å². The minimum absolute atomic E-state index is 0.255. The zero-order valence-corrected chi connectivity index (χ0v) is 25.0. The molecule has 44 heavy (non-hydrogen) atoms. The summed E-state index contributed by atoms with van der Waals surface area (Å²) in [6.07, 6.45) is 0. The summed E-state index contributed by atoms with van der Waals surface area (Å²) in [6.45, 7) is 3.87. The number of carbonyl (C=O) groups is 4. The van der Waals surface area contributed by atoms with E-state index in [1.54, 1.807) is 60.7 Å². The van der Waals surface area contributed by atoms with E-state index in [1.165, 1.54) is 14.2 Å². The molecule has 0 bridgehead atoms. The molecule has 4 aromatic rings. The molecule has 1 aliphatic carbocycles. The highest BCUT2D eigenvalue weighted by molar-refractivity contribution is 6.09. The Labute approximate surface area is 256 Å². The van der Waals surface area contributed by atoms with Gasteiger partial charge in [0.1, 0.15) is 0 Å². The Kier molecular flexibility index (Phi) is 8.36. The van der Waals surface area contributed by atoms with Crippen LogP contribution in [0.2, 0.25) is 0 Å². The summed E-state index contributed by atoms with van der Waals surface area (Å²) in [6, 6.07) is 31.7. The second kappa shape index (κ2) is 12.2. The lowest BCUT2D eigenvalue weighted by molar-refractivity contribution is -0.181.